The Morgan fingerprint density at radius 2 is 0.815 bits per heavy atom. The van der Waals surface area contributed by atoms with Crippen LogP contribution in [-0.4, -0.2) is 16.9 Å². The van der Waals surface area contributed by atoms with Crippen LogP contribution in [0.15, 0.2) is 200 Å². The van der Waals surface area contributed by atoms with Gasteiger partial charge < -0.3 is 30.0 Å². The summed E-state index contributed by atoms with van der Waals surface area (Å²) in [5.74, 6) is 3.88. The Labute approximate surface area is 378 Å². The van der Waals surface area contributed by atoms with Gasteiger partial charge in [0, 0.05) is 11.4 Å². The molecule has 9 aromatic carbocycles. The van der Waals surface area contributed by atoms with E-state index in [4.69, 9.17) is 14.2 Å². The van der Waals surface area contributed by atoms with Gasteiger partial charge >= 0.3 is 0 Å². The first kappa shape index (κ1) is 43.3. The zero-order valence-corrected chi connectivity index (χ0v) is 36.2. The predicted octanol–water partition coefficient (Wildman–Crippen LogP) is 13.5. The van der Waals surface area contributed by atoms with E-state index in [0.29, 0.717) is 30.9 Å². The van der Waals surface area contributed by atoms with Crippen LogP contribution >= 0.6 is 0 Å². The maximum absolute atomic E-state index is 12.4. The van der Waals surface area contributed by atoms with Crippen molar-refractivity contribution in [2.45, 2.75) is 33.3 Å². The average Bonchev–Trinajstić information content (AvgIpc) is 3.32. The minimum absolute atomic E-state index is 0.0420. The molecule has 0 aliphatic heterocycles. The number of carbonyl (C=O) groups excluding carboxylic acids is 2. The van der Waals surface area contributed by atoms with Crippen LogP contribution in [0.3, 0.4) is 0 Å². The van der Waals surface area contributed by atoms with Crippen molar-refractivity contribution in [2.75, 3.05) is 10.6 Å². The predicted molar refractivity (Wildman–Crippen MR) is 260 cm³/mol. The number of benzene rings is 9. The van der Waals surface area contributed by atoms with E-state index in [1.807, 2.05) is 190 Å². The molecule has 0 bridgehead atoms. The SMILES string of the molecule is Cc1ccccc1NC(=O)Cc1ccc(Oc2ccc3cc(O)ccc3c2)cc1.Cc1ccccc1NC(=O)Cc1ccc(Oc2ccc3cc(OCc4ccccc4)ccc3c2)cc1. The highest BCUT2D eigenvalue weighted by atomic mass is 16.5. The minimum atomic E-state index is -0.0502. The van der Waals surface area contributed by atoms with Crippen molar-refractivity contribution < 1.29 is 28.9 Å². The number of carbonyl (C=O) groups is 2. The Balaban J connectivity index is 0.000000181. The monoisotopic (exact) mass is 856 g/mol. The Hall–Kier alpha value is -8.36. The van der Waals surface area contributed by atoms with Gasteiger partial charge in [0.05, 0.1) is 12.8 Å². The Bertz CT molecular complexity index is 3060. The molecular formula is C57H48N2O6. The lowest BCUT2D eigenvalue weighted by molar-refractivity contribution is -0.116. The van der Waals surface area contributed by atoms with Gasteiger partial charge in [-0.15, -0.1) is 0 Å². The van der Waals surface area contributed by atoms with Gasteiger partial charge in [0.1, 0.15) is 41.1 Å². The summed E-state index contributed by atoms with van der Waals surface area (Å²) in [5, 5.41) is 19.6. The lowest BCUT2D eigenvalue weighted by atomic mass is 10.1. The summed E-state index contributed by atoms with van der Waals surface area (Å²) >= 11 is 0. The fourth-order valence-electron chi connectivity index (χ4n) is 7.18. The molecule has 65 heavy (non-hydrogen) atoms. The fourth-order valence-corrected chi connectivity index (χ4v) is 7.18. The smallest absolute Gasteiger partial charge is 0.228 e. The summed E-state index contributed by atoms with van der Waals surface area (Å²) in [5.41, 5.74) is 6.73. The normalized spacial score (nSPS) is 10.7. The lowest BCUT2D eigenvalue weighted by Crippen LogP contribution is -2.15. The van der Waals surface area contributed by atoms with E-state index in [9.17, 15) is 14.7 Å². The molecule has 0 heterocycles. The lowest BCUT2D eigenvalue weighted by Gasteiger charge is -2.10. The summed E-state index contributed by atoms with van der Waals surface area (Å²) in [6, 6.07) is 63.7. The van der Waals surface area contributed by atoms with Crippen LogP contribution in [0, 0.1) is 13.8 Å². The summed E-state index contributed by atoms with van der Waals surface area (Å²) in [6.07, 6.45) is 0.605. The van der Waals surface area contributed by atoms with E-state index < -0.39 is 0 Å². The van der Waals surface area contributed by atoms with Crippen LogP contribution < -0.4 is 24.8 Å². The van der Waals surface area contributed by atoms with Crippen LogP contribution in [0.1, 0.15) is 27.8 Å². The van der Waals surface area contributed by atoms with Gasteiger partial charge in [0.15, 0.2) is 0 Å². The molecule has 3 N–H and O–H groups in total. The number of fused-ring (bicyclic) bond motifs is 2. The number of rotatable bonds is 13. The van der Waals surface area contributed by atoms with Crippen molar-refractivity contribution in [3.05, 3.63) is 228 Å². The number of phenols is 1. The number of aromatic hydroxyl groups is 1. The molecule has 0 radical (unpaired) electrons. The molecule has 0 aromatic heterocycles. The van der Waals surface area contributed by atoms with Gasteiger partial charge in [0.2, 0.25) is 11.8 Å². The summed E-state index contributed by atoms with van der Waals surface area (Å²) < 4.78 is 17.9. The Morgan fingerprint density at radius 1 is 0.415 bits per heavy atom. The first-order chi connectivity index (χ1) is 31.7. The second-order valence-corrected chi connectivity index (χ2v) is 15.7. The third-order valence-corrected chi connectivity index (χ3v) is 10.7. The molecule has 0 atom stereocenters. The van der Waals surface area contributed by atoms with E-state index in [2.05, 4.69) is 22.8 Å². The minimum Gasteiger partial charge on any atom is -0.508 e. The molecule has 0 unspecified atom stereocenters. The molecule has 0 saturated heterocycles. The number of hydrogen-bond donors (Lipinski definition) is 3. The van der Waals surface area contributed by atoms with Crippen molar-refractivity contribution in [1.82, 2.24) is 0 Å². The van der Waals surface area contributed by atoms with Gasteiger partial charge in [-0.3, -0.25) is 9.59 Å². The topological polar surface area (TPSA) is 106 Å². The second-order valence-electron chi connectivity index (χ2n) is 15.7. The molecule has 8 heteroatoms. The molecule has 8 nitrogen and oxygen atoms in total. The van der Waals surface area contributed by atoms with Gasteiger partial charge in [-0.2, -0.15) is 0 Å². The summed E-state index contributed by atoms with van der Waals surface area (Å²) in [4.78, 5) is 24.7. The highest BCUT2D eigenvalue weighted by Gasteiger charge is 2.09. The number of para-hydroxylation sites is 2. The van der Waals surface area contributed by atoms with Crippen LogP contribution in [0.4, 0.5) is 11.4 Å². The molecular weight excluding hydrogens is 809 g/mol. The largest absolute Gasteiger partial charge is 0.508 e. The van der Waals surface area contributed by atoms with Crippen molar-refractivity contribution in [3.8, 4) is 34.5 Å². The first-order valence-corrected chi connectivity index (χ1v) is 21.4. The number of aryl methyl sites for hydroxylation is 2. The highest BCUT2D eigenvalue weighted by molar-refractivity contribution is 5.94. The van der Waals surface area contributed by atoms with E-state index in [1.54, 1.807) is 12.1 Å². The van der Waals surface area contributed by atoms with Crippen molar-refractivity contribution in [3.63, 3.8) is 0 Å². The number of anilines is 2. The summed E-state index contributed by atoms with van der Waals surface area (Å²) in [7, 11) is 0. The third kappa shape index (κ3) is 12.2. The van der Waals surface area contributed by atoms with Crippen molar-refractivity contribution in [2.24, 2.45) is 0 Å². The van der Waals surface area contributed by atoms with E-state index in [-0.39, 0.29) is 17.6 Å². The van der Waals surface area contributed by atoms with Crippen LogP contribution in [-0.2, 0) is 29.0 Å². The second kappa shape index (κ2) is 20.7. The van der Waals surface area contributed by atoms with Gasteiger partial charge in [-0.05, 0) is 148 Å². The molecule has 9 aromatic rings. The molecule has 9 rings (SSSR count). The zero-order valence-electron chi connectivity index (χ0n) is 36.2. The number of nitrogens with one attached hydrogen (secondary N) is 2. The molecule has 322 valence electrons. The van der Waals surface area contributed by atoms with Crippen LogP contribution in [0.25, 0.3) is 21.5 Å². The molecule has 0 spiro atoms. The van der Waals surface area contributed by atoms with E-state index in [1.165, 1.54) is 0 Å². The van der Waals surface area contributed by atoms with E-state index in [0.717, 1.165) is 78.0 Å². The average molecular weight is 857 g/mol. The molecule has 0 aliphatic carbocycles. The van der Waals surface area contributed by atoms with Gasteiger partial charge in [-0.25, -0.2) is 0 Å². The Kier molecular flexibility index (Phi) is 13.8. The zero-order chi connectivity index (χ0) is 45.0. The highest BCUT2D eigenvalue weighted by Crippen LogP contribution is 2.30. The van der Waals surface area contributed by atoms with Crippen molar-refractivity contribution in [1.29, 1.82) is 0 Å². The summed E-state index contributed by atoms with van der Waals surface area (Å²) in [6.45, 7) is 4.49. The third-order valence-electron chi connectivity index (χ3n) is 10.7. The van der Waals surface area contributed by atoms with Crippen molar-refractivity contribution >= 4 is 44.7 Å². The van der Waals surface area contributed by atoms with Crippen LogP contribution in [0.2, 0.25) is 0 Å². The molecule has 2 amide bonds. The maximum atomic E-state index is 12.4. The standard InChI is InChI=1S/C32H27NO3.C25H21NO3/c1-23-7-5-6-10-31(23)33-32(34)19-24-11-15-28(16-12-24)36-30-18-14-26-20-29(17-13-27(26)21-30)35-22-25-8-3-2-4-9-25;1-17-4-2-3-5-24(17)26-25(28)14-18-6-11-22(12-7-18)29-23-13-9-19-15-21(27)10-8-20(19)16-23/h2-18,20-21H,19,22H2,1H3,(H,33,34);2-13,15-16,27H,14H2,1H3,(H,26,28). The number of hydrogen-bond acceptors (Lipinski definition) is 6. The maximum Gasteiger partial charge on any atom is 0.228 e. The molecule has 0 saturated carbocycles. The molecule has 0 aliphatic rings. The number of amides is 2. The van der Waals surface area contributed by atoms with E-state index >= 15 is 0 Å². The Morgan fingerprint density at radius 3 is 1.31 bits per heavy atom. The van der Waals surface area contributed by atoms with Gasteiger partial charge in [-0.1, -0.05) is 115 Å². The van der Waals surface area contributed by atoms with Crippen LogP contribution in [0.5, 0.6) is 34.5 Å². The first-order valence-electron chi connectivity index (χ1n) is 21.4. The van der Waals surface area contributed by atoms with Gasteiger partial charge in [0.25, 0.3) is 0 Å². The quantitative estimate of drug-likeness (QED) is 0.107. The fraction of sp³-hybridized carbons (Fsp3) is 0.0877. The number of phenolic OH excluding ortho intramolecular Hbond substituents is 1. The number of ether oxygens (including phenoxy) is 3. The molecule has 0 fully saturated rings.